The molecule has 0 atom stereocenters. The van der Waals surface area contributed by atoms with Gasteiger partial charge in [-0.1, -0.05) is 0 Å². The van der Waals surface area contributed by atoms with Crippen LogP contribution in [-0.4, -0.2) is 29.1 Å². The maximum atomic E-state index is 14.6. The van der Waals surface area contributed by atoms with Crippen LogP contribution in [0.2, 0.25) is 0 Å². The standard InChI is InChI=1S/C22H19F5N2O2/c23-15-3-1-11(2-4-15)19-18(12-7-13(8-12)21(31)28-5-6-30)16-9-14(22(25,26)27)10-17(24)20(16)29-19/h1-4,9-10,12-13,29-30H,5-8H2,(H,28,31). The normalized spacial score (nSPS) is 18.8. The van der Waals surface area contributed by atoms with Crippen molar-refractivity contribution in [1.82, 2.24) is 10.3 Å². The van der Waals surface area contributed by atoms with Gasteiger partial charge in [0, 0.05) is 17.8 Å². The number of fused-ring (bicyclic) bond motifs is 1. The Hall–Kier alpha value is -2.94. The predicted molar refractivity (Wildman–Crippen MR) is 104 cm³/mol. The maximum Gasteiger partial charge on any atom is 0.416 e. The average Bonchev–Trinajstić information content (AvgIpc) is 3.05. The average molecular weight is 438 g/mol. The van der Waals surface area contributed by atoms with E-state index in [0.29, 0.717) is 35.7 Å². The van der Waals surface area contributed by atoms with Gasteiger partial charge in [0.15, 0.2) is 0 Å². The van der Waals surface area contributed by atoms with E-state index in [9.17, 15) is 26.7 Å². The molecule has 0 bridgehead atoms. The number of hydrogen-bond donors (Lipinski definition) is 3. The van der Waals surface area contributed by atoms with Gasteiger partial charge in [-0.25, -0.2) is 8.78 Å². The molecule has 0 saturated heterocycles. The summed E-state index contributed by atoms with van der Waals surface area (Å²) in [6, 6.07) is 6.73. The first kappa shape index (κ1) is 21.3. The molecule has 9 heteroatoms. The van der Waals surface area contributed by atoms with Crippen LogP contribution in [0.3, 0.4) is 0 Å². The Morgan fingerprint density at radius 2 is 1.81 bits per heavy atom. The van der Waals surface area contributed by atoms with Crippen molar-refractivity contribution in [2.75, 3.05) is 13.2 Å². The fraction of sp³-hybridized carbons (Fsp3) is 0.318. The first-order valence-corrected chi connectivity index (χ1v) is 9.76. The Balaban J connectivity index is 1.79. The summed E-state index contributed by atoms with van der Waals surface area (Å²) < 4.78 is 67.9. The lowest BCUT2D eigenvalue weighted by Crippen LogP contribution is -2.39. The number of rotatable bonds is 5. The highest BCUT2D eigenvalue weighted by Crippen LogP contribution is 2.49. The van der Waals surface area contributed by atoms with E-state index in [4.69, 9.17) is 5.11 Å². The van der Waals surface area contributed by atoms with Crippen molar-refractivity contribution in [3.63, 3.8) is 0 Å². The molecule has 4 nitrogen and oxygen atoms in total. The fourth-order valence-electron chi connectivity index (χ4n) is 4.10. The number of carbonyl (C=O) groups excluding carboxylic acids is 1. The van der Waals surface area contributed by atoms with Crippen molar-refractivity contribution in [3.05, 3.63) is 59.2 Å². The lowest BCUT2D eigenvalue weighted by Gasteiger charge is -2.35. The Kier molecular flexibility index (Phi) is 5.47. The molecule has 1 aliphatic rings. The Morgan fingerprint density at radius 1 is 1.13 bits per heavy atom. The van der Waals surface area contributed by atoms with Gasteiger partial charge in [-0.05, 0) is 66.3 Å². The third-order valence-electron chi connectivity index (χ3n) is 5.69. The molecule has 3 N–H and O–H groups in total. The van der Waals surface area contributed by atoms with Gasteiger partial charge in [-0.15, -0.1) is 0 Å². The van der Waals surface area contributed by atoms with Crippen molar-refractivity contribution < 1.29 is 31.9 Å². The molecule has 0 spiro atoms. The van der Waals surface area contributed by atoms with Crippen molar-refractivity contribution in [2.24, 2.45) is 5.92 Å². The quantitative estimate of drug-likeness (QED) is 0.504. The van der Waals surface area contributed by atoms with Crippen LogP contribution < -0.4 is 5.32 Å². The summed E-state index contributed by atoms with van der Waals surface area (Å²) in [7, 11) is 0. The van der Waals surface area contributed by atoms with E-state index in [1.807, 2.05) is 0 Å². The van der Waals surface area contributed by atoms with Crippen molar-refractivity contribution in [3.8, 4) is 11.3 Å². The smallest absolute Gasteiger partial charge is 0.395 e. The van der Waals surface area contributed by atoms with E-state index in [1.54, 1.807) is 0 Å². The number of halogens is 5. The summed E-state index contributed by atoms with van der Waals surface area (Å²) in [4.78, 5) is 15.0. The zero-order valence-electron chi connectivity index (χ0n) is 16.2. The molecule has 1 saturated carbocycles. The van der Waals surface area contributed by atoms with E-state index in [-0.39, 0.29) is 41.8 Å². The molecular formula is C22H19F5N2O2. The minimum absolute atomic E-state index is 0.0597. The van der Waals surface area contributed by atoms with Crippen LogP contribution in [0.15, 0.2) is 36.4 Å². The first-order valence-electron chi connectivity index (χ1n) is 9.76. The number of alkyl halides is 3. The minimum atomic E-state index is -4.72. The number of aromatic amines is 1. The molecule has 2 aromatic carbocycles. The van der Waals surface area contributed by atoms with Crippen LogP contribution in [0, 0.1) is 17.6 Å². The number of amides is 1. The van der Waals surface area contributed by atoms with Gasteiger partial charge < -0.3 is 15.4 Å². The van der Waals surface area contributed by atoms with Gasteiger partial charge in [0.05, 0.1) is 23.4 Å². The Labute approximate surface area is 174 Å². The number of aliphatic hydroxyl groups is 1. The number of carbonyl (C=O) groups is 1. The Morgan fingerprint density at radius 3 is 2.42 bits per heavy atom. The third kappa shape index (κ3) is 4.01. The molecule has 0 radical (unpaired) electrons. The predicted octanol–water partition coefficient (Wildman–Crippen LogP) is 4.73. The molecule has 1 aliphatic carbocycles. The van der Waals surface area contributed by atoms with Crippen molar-refractivity contribution in [2.45, 2.75) is 24.9 Å². The number of aliphatic hydroxyl groups excluding tert-OH is 1. The molecular weight excluding hydrogens is 419 g/mol. The van der Waals surface area contributed by atoms with Gasteiger partial charge in [-0.2, -0.15) is 13.2 Å². The van der Waals surface area contributed by atoms with Crippen molar-refractivity contribution >= 4 is 16.8 Å². The van der Waals surface area contributed by atoms with E-state index < -0.39 is 23.4 Å². The molecule has 0 aliphatic heterocycles. The highest BCUT2D eigenvalue weighted by molar-refractivity contribution is 5.93. The van der Waals surface area contributed by atoms with Gasteiger partial charge in [-0.3, -0.25) is 4.79 Å². The second-order valence-corrected chi connectivity index (χ2v) is 7.68. The largest absolute Gasteiger partial charge is 0.416 e. The molecule has 0 unspecified atom stereocenters. The molecule has 4 rings (SSSR count). The van der Waals surface area contributed by atoms with E-state index in [1.165, 1.54) is 24.3 Å². The number of H-pyrrole nitrogens is 1. The highest BCUT2D eigenvalue weighted by Gasteiger charge is 2.39. The number of nitrogens with one attached hydrogen (secondary N) is 2. The van der Waals surface area contributed by atoms with Crippen LogP contribution in [0.25, 0.3) is 22.2 Å². The van der Waals surface area contributed by atoms with Crippen LogP contribution in [-0.2, 0) is 11.0 Å². The lowest BCUT2D eigenvalue weighted by atomic mass is 9.69. The summed E-state index contributed by atoms with van der Waals surface area (Å²) in [5.74, 6) is -2.37. The molecule has 3 aromatic rings. The molecule has 164 valence electrons. The van der Waals surface area contributed by atoms with E-state index in [0.717, 1.165) is 6.07 Å². The van der Waals surface area contributed by atoms with Crippen LogP contribution in [0.1, 0.15) is 29.9 Å². The second kappa shape index (κ2) is 7.96. The van der Waals surface area contributed by atoms with Crippen LogP contribution in [0.5, 0.6) is 0 Å². The summed E-state index contributed by atoms with van der Waals surface area (Å²) in [5.41, 5.74) is 0.245. The zero-order chi connectivity index (χ0) is 22.3. The summed E-state index contributed by atoms with van der Waals surface area (Å²) >= 11 is 0. The lowest BCUT2D eigenvalue weighted by molar-refractivity contribution is -0.137. The molecule has 1 aromatic heterocycles. The number of hydrogen-bond acceptors (Lipinski definition) is 2. The van der Waals surface area contributed by atoms with Crippen LogP contribution >= 0.6 is 0 Å². The third-order valence-corrected chi connectivity index (χ3v) is 5.69. The van der Waals surface area contributed by atoms with Gasteiger partial charge in [0.25, 0.3) is 0 Å². The molecule has 1 amide bonds. The minimum Gasteiger partial charge on any atom is -0.395 e. The Bertz CT molecular complexity index is 1120. The molecule has 31 heavy (non-hydrogen) atoms. The number of benzene rings is 2. The van der Waals surface area contributed by atoms with Crippen molar-refractivity contribution in [1.29, 1.82) is 0 Å². The summed E-state index contributed by atoms with van der Waals surface area (Å²) in [5, 5.41) is 11.5. The second-order valence-electron chi connectivity index (χ2n) is 7.68. The highest BCUT2D eigenvalue weighted by atomic mass is 19.4. The SMILES string of the molecule is O=C(NCCO)C1CC(c2c(-c3ccc(F)cc3)[nH]c3c(F)cc(C(F)(F)F)cc23)C1. The molecule has 1 heterocycles. The van der Waals surface area contributed by atoms with E-state index >= 15 is 0 Å². The monoisotopic (exact) mass is 438 g/mol. The van der Waals surface area contributed by atoms with Gasteiger partial charge >= 0.3 is 6.18 Å². The zero-order valence-corrected chi connectivity index (χ0v) is 16.2. The summed E-state index contributed by atoms with van der Waals surface area (Å²) in [6.45, 7) is -0.0768. The number of aromatic nitrogens is 1. The van der Waals surface area contributed by atoms with E-state index in [2.05, 4.69) is 10.3 Å². The summed E-state index contributed by atoms with van der Waals surface area (Å²) in [6.07, 6.45) is -3.97. The van der Waals surface area contributed by atoms with Crippen LogP contribution in [0.4, 0.5) is 22.0 Å². The fourth-order valence-corrected chi connectivity index (χ4v) is 4.10. The van der Waals surface area contributed by atoms with Gasteiger partial charge in [0.2, 0.25) is 5.91 Å². The maximum absolute atomic E-state index is 14.6. The topological polar surface area (TPSA) is 65.1 Å². The first-order chi connectivity index (χ1) is 14.7. The van der Waals surface area contributed by atoms with Gasteiger partial charge in [0.1, 0.15) is 11.6 Å². The molecule has 1 fully saturated rings.